The fraction of sp³-hybridized carbons (Fsp3) is 0.286. The Labute approximate surface area is 126 Å². The summed E-state index contributed by atoms with van der Waals surface area (Å²) in [5.41, 5.74) is 1.12. The maximum atomic E-state index is 5.89. The van der Waals surface area contributed by atoms with Crippen molar-refractivity contribution >= 4 is 27.5 Å². The Balaban J connectivity index is 2.00. The molecule has 0 saturated heterocycles. The summed E-state index contributed by atoms with van der Waals surface area (Å²) in [7, 11) is 0. The van der Waals surface area contributed by atoms with E-state index in [9.17, 15) is 0 Å². The Hall–Kier alpha value is -0.970. The lowest BCUT2D eigenvalue weighted by Gasteiger charge is -2.08. The van der Waals surface area contributed by atoms with E-state index in [0.29, 0.717) is 11.6 Å². The Bertz CT molecular complexity index is 542. The van der Waals surface area contributed by atoms with Gasteiger partial charge in [-0.1, -0.05) is 18.5 Å². The summed E-state index contributed by atoms with van der Waals surface area (Å²) < 4.78 is 12.0. The van der Waals surface area contributed by atoms with Crippen LogP contribution in [0.1, 0.15) is 18.2 Å². The van der Waals surface area contributed by atoms with Crippen LogP contribution in [0.15, 0.2) is 39.4 Å². The number of rotatable bonds is 6. The van der Waals surface area contributed by atoms with Crippen LogP contribution in [0.5, 0.6) is 5.75 Å². The first-order chi connectivity index (χ1) is 9.20. The van der Waals surface area contributed by atoms with Crippen LogP contribution >= 0.6 is 27.5 Å². The minimum atomic E-state index is 0.397. The number of nitrogens with one attached hydrogen (secondary N) is 1. The summed E-state index contributed by atoms with van der Waals surface area (Å²) in [4.78, 5) is 0. The quantitative estimate of drug-likeness (QED) is 0.844. The van der Waals surface area contributed by atoms with E-state index in [0.717, 1.165) is 34.6 Å². The molecule has 1 N–H and O–H groups in total. The Kier molecular flexibility index (Phi) is 5.31. The number of halogens is 2. The van der Waals surface area contributed by atoms with Crippen molar-refractivity contribution in [3.05, 3.63) is 51.3 Å². The van der Waals surface area contributed by atoms with Gasteiger partial charge in [0.15, 0.2) is 0 Å². The van der Waals surface area contributed by atoms with Crippen LogP contribution in [0, 0.1) is 0 Å². The molecule has 0 aliphatic heterocycles. The van der Waals surface area contributed by atoms with E-state index >= 15 is 0 Å². The van der Waals surface area contributed by atoms with Crippen LogP contribution in [-0.4, -0.2) is 6.54 Å². The molecule has 0 aliphatic carbocycles. The molecule has 5 heteroatoms. The molecule has 102 valence electrons. The predicted octanol–water partition coefficient (Wildman–Crippen LogP) is 4.38. The highest BCUT2D eigenvalue weighted by Gasteiger charge is 2.08. The second-order valence-corrected chi connectivity index (χ2v) is 5.30. The van der Waals surface area contributed by atoms with Crippen molar-refractivity contribution in [3.63, 3.8) is 0 Å². The average Bonchev–Trinajstić information content (AvgIpc) is 2.83. The molecular formula is C14H15BrClNO2. The highest BCUT2D eigenvalue weighted by molar-refractivity contribution is 9.10. The van der Waals surface area contributed by atoms with Gasteiger partial charge in [0.1, 0.15) is 18.1 Å². The van der Waals surface area contributed by atoms with Gasteiger partial charge in [-0.05, 0) is 46.7 Å². The Morgan fingerprint density at radius 3 is 2.95 bits per heavy atom. The molecule has 1 aromatic heterocycles. The first-order valence-electron chi connectivity index (χ1n) is 6.04. The topological polar surface area (TPSA) is 34.4 Å². The molecule has 0 fully saturated rings. The molecule has 1 aromatic carbocycles. The van der Waals surface area contributed by atoms with Crippen LogP contribution in [0.4, 0.5) is 0 Å². The number of benzene rings is 1. The smallest absolute Gasteiger partial charge is 0.146 e. The molecule has 2 aromatic rings. The van der Waals surface area contributed by atoms with E-state index in [4.69, 9.17) is 20.8 Å². The summed E-state index contributed by atoms with van der Waals surface area (Å²) in [6.45, 7) is 4.18. The lowest BCUT2D eigenvalue weighted by molar-refractivity contribution is 0.266. The number of ether oxygens (including phenoxy) is 1. The minimum Gasteiger partial charge on any atom is -0.484 e. The zero-order chi connectivity index (χ0) is 13.7. The van der Waals surface area contributed by atoms with Gasteiger partial charge in [0.05, 0.1) is 10.7 Å². The van der Waals surface area contributed by atoms with Gasteiger partial charge in [0, 0.05) is 17.1 Å². The molecule has 0 aliphatic rings. The summed E-state index contributed by atoms with van der Waals surface area (Å²) >= 11 is 9.31. The van der Waals surface area contributed by atoms with Gasteiger partial charge in [-0.3, -0.25) is 0 Å². The van der Waals surface area contributed by atoms with Crippen molar-refractivity contribution in [3.8, 4) is 5.75 Å². The third-order valence-electron chi connectivity index (χ3n) is 2.66. The molecule has 19 heavy (non-hydrogen) atoms. The lowest BCUT2D eigenvalue weighted by atomic mass is 10.2. The molecule has 2 rings (SSSR count). The monoisotopic (exact) mass is 343 g/mol. The maximum Gasteiger partial charge on any atom is 0.146 e. The van der Waals surface area contributed by atoms with E-state index in [1.807, 2.05) is 12.1 Å². The van der Waals surface area contributed by atoms with Crippen molar-refractivity contribution in [1.29, 1.82) is 0 Å². The normalized spacial score (nSPS) is 10.7. The van der Waals surface area contributed by atoms with Crippen molar-refractivity contribution in [2.45, 2.75) is 20.1 Å². The first-order valence-corrected chi connectivity index (χ1v) is 7.21. The van der Waals surface area contributed by atoms with E-state index < -0.39 is 0 Å². The molecule has 0 spiro atoms. The van der Waals surface area contributed by atoms with Crippen LogP contribution in [0.3, 0.4) is 0 Å². The first kappa shape index (κ1) is 14.4. The standard InChI is InChI=1S/C14H15BrClNO2/c1-2-17-8-10-5-6-18-14(10)9-19-13-4-3-11(16)7-12(13)15/h3-7,17H,2,8-9H2,1H3. The Morgan fingerprint density at radius 2 is 2.21 bits per heavy atom. The van der Waals surface area contributed by atoms with Crippen molar-refractivity contribution in [2.75, 3.05) is 6.54 Å². The number of hydrogen-bond acceptors (Lipinski definition) is 3. The summed E-state index contributed by atoms with van der Waals surface area (Å²) in [6.07, 6.45) is 1.68. The second kappa shape index (κ2) is 6.98. The molecule has 1 heterocycles. The second-order valence-electron chi connectivity index (χ2n) is 4.01. The molecule has 0 unspecified atom stereocenters. The molecule has 0 amide bonds. The number of hydrogen-bond donors (Lipinski definition) is 1. The van der Waals surface area contributed by atoms with Gasteiger partial charge in [0.25, 0.3) is 0 Å². The minimum absolute atomic E-state index is 0.397. The fourth-order valence-electron chi connectivity index (χ4n) is 1.65. The number of furan rings is 1. The van der Waals surface area contributed by atoms with E-state index in [1.54, 1.807) is 18.4 Å². The van der Waals surface area contributed by atoms with Gasteiger partial charge in [0.2, 0.25) is 0 Å². The van der Waals surface area contributed by atoms with Gasteiger partial charge in [-0.2, -0.15) is 0 Å². The molecular weight excluding hydrogens is 330 g/mol. The molecule has 0 atom stereocenters. The van der Waals surface area contributed by atoms with E-state index in [1.165, 1.54) is 0 Å². The fourth-order valence-corrected chi connectivity index (χ4v) is 2.44. The van der Waals surface area contributed by atoms with Gasteiger partial charge in [-0.15, -0.1) is 0 Å². The van der Waals surface area contributed by atoms with Crippen molar-refractivity contribution in [2.24, 2.45) is 0 Å². The van der Waals surface area contributed by atoms with Crippen molar-refractivity contribution < 1.29 is 9.15 Å². The van der Waals surface area contributed by atoms with Crippen LogP contribution < -0.4 is 10.1 Å². The summed E-state index contributed by atoms with van der Waals surface area (Å²) in [5, 5.41) is 3.94. The van der Waals surface area contributed by atoms with Gasteiger partial charge >= 0.3 is 0 Å². The highest BCUT2D eigenvalue weighted by Crippen LogP contribution is 2.28. The molecule has 0 bridgehead atoms. The maximum absolute atomic E-state index is 5.89. The predicted molar refractivity (Wildman–Crippen MR) is 79.6 cm³/mol. The van der Waals surface area contributed by atoms with E-state index in [-0.39, 0.29) is 0 Å². The Morgan fingerprint density at radius 1 is 1.37 bits per heavy atom. The summed E-state index contributed by atoms with van der Waals surface area (Å²) in [6, 6.07) is 7.39. The van der Waals surface area contributed by atoms with Crippen LogP contribution in [0.25, 0.3) is 0 Å². The highest BCUT2D eigenvalue weighted by atomic mass is 79.9. The third-order valence-corrected chi connectivity index (χ3v) is 3.51. The van der Waals surface area contributed by atoms with Gasteiger partial charge in [-0.25, -0.2) is 0 Å². The summed E-state index contributed by atoms with van der Waals surface area (Å²) in [5.74, 6) is 1.58. The lowest BCUT2D eigenvalue weighted by Crippen LogP contribution is -2.12. The molecule has 0 saturated carbocycles. The zero-order valence-electron chi connectivity index (χ0n) is 10.6. The molecule has 3 nitrogen and oxygen atoms in total. The van der Waals surface area contributed by atoms with Crippen LogP contribution in [0.2, 0.25) is 5.02 Å². The van der Waals surface area contributed by atoms with E-state index in [2.05, 4.69) is 28.2 Å². The molecule has 0 radical (unpaired) electrons. The van der Waals surface area contributed by atoms with Crippen molar-refractivity contribution in [1.82, 2.24) is 5.32 Å². The average molecular weight is 345 g/mol. The van der Waals surface area contributed by atoms with Crippen LogP contribution in [-0.2, 0) is 13.2 Å². The third kappa shape index (κ3) is 4.00. The van der Waals surface area contributed by atoms with Gasteiger partial charge < -0.3 is 14.5 Å². The zero-order valence-corrected chi connectivity index (χ0v) is 12.9. The largest absolute Gasteiger partial charge is 0.484 e. The SMILES string of the molecule is CCNCc1ccoc1COc1ccc(Cl)cc1Br.